The zero-order valence-corrected chi connectivity index (χ0v) is 11.3. The van der Waals surface area contributed by atoms with Gasteiger partial charge in [-0.3, -0.25) is 0 Å². The zero-order chi connectivity index (χ0) is 13.1. The molecule has 0 saturated carbocycles. The number of nitrogens with two attached hydrogens (primary N) is 1. The van der Waals surface area contributed by atoms with E-state index in [1.807, 2.05) is 26.0 Å². The summed E-state index contributed by atoms with van der Waals surface area (Å²) in [6.45, 7) is 3.91. The maximum absolute atomic E-state index is 11.9. The van der Waals surface area contributed by atoms with E-state index in [2.05, 4.69) is 4.72 Å². The third-order valence-electron chi connectivity index (χ3n) is 2.95. The highest BCUT2D eigenvalue weighted by Crippen LogP contribution is 2.28. The number of hydrogen-bond donors (Lipinski definition) is 2. The van der Waals surface area contributed by atoms with Crippen LogP contribution < -0.4 is 10.5 Å². The fraction of sp³-hybridized carbons (Fsp3) is 0.500. The van der Waals surface area contributed by atoms with Crippen LogP contribution in [0.25, 0.3) is 0 Å². The summed E-state index contributed by atoms with van der Waals surface area (Å²) in [6.07, 6.45) is 0.813. The fourth-order valence-electron chi connectivity index (χ4n) is 2.02. The highest BCUT2D eigenvalue weighted by Gasteiger charge is 2.23. The van der Waals surface area contributed by atoms with Crippen molar-refractivity contribution in [2.45, 2.75) is 37.1 Å². The van der Waals surface area contributed by atoms with E-state index in [-0.39, 0.29) is 12.0 Å². The van der Waals surface area contributed by atoms with E-state index in [9.17, 15) is 8.42 Å². The molecule has 0 fully saturated rings. The van der Waals surface area contributed by atoms with Crippen molar-refractivity contribution in [1.29, 1.82) is 0 Å². The van der Waals surface area contributed by atoms with Gasteiger partial charge in [0, 0.05) is 6.04 Å². The van der Waals surface area contributed by atoms with Crippen molar-refractivity contribution in [1.82, 2.24) is 4.72 Å². The van der Waals surface area contributed by atoms with Crippen molar-refractivity contribution >= 4 is 10.0 Å². The van der Waals surface area contributed by atoms with E-state index in [1.165, 1.54) is 7.05 Å². The van der Waals surface area contributed by atoms with Crippen molar-refractivity contribution in [3.05, 3.63) is 29.8 Å². The lowest BCUT2D eigenvalue weighted by Gasteiger charge is -2.22. The summed E-state index contributed by atoms with van der Waals surface area (Å²) in [7, 11) is -2.01. The van der Waals surface area contributed by atoms with Crippen LogP contribution in [0, 0.1) is 0 Å². The SMILES string of the molecule is CCC(c1ccccc1S(=O)(=O)NC)C(C)N. The molecular weight excluding hydrogens is 236 g/mol. The van der Waals surface area contributed by atoms with Crippen LogP contribution >= 0.6 is 0 Å². The first-order chi connectivity index (χ1) is 7.94. The van der Waals surface area contributed by atoms with Gasteiger partial charge in [-0.1, -0.05) is 25.1 Å². The summed E-state index contributed by atoms with van der Waals surface area (Å²) in [6, 6.07) is 6.94. The lowest BCUT2D eigenvalue weighted by Crippen LogP contribution is -2.27. The number of hydrogen-bond acceptors (Lipinski definition) is 3. The van der Waals surface area contributed by atoms with Gasteiger partial charge in [-0.2, -0.15) is 0 Å². The van der Waals surface area contributed by atoms with Crippen LogP contribution in [0.1, 0.15) is 31.7 Å². The Hall–Kier alpha value is -0.910. The Balaban J connectivity index is 3.35. The topological polar surface area (TPSA) is 72.2 Å². The van der Waals surface area contributed by atoms with Gasteiger partial charge < -0.3 is 5.73 Å². The Bertz CT molecular complexity index is 469. The lowest BCUT2D eigenvalue weighted by molar-refractivity contribution is 0.538. The van der Waals surface area contributed by atoms with Crippen LogP contribution in [0.4, 0.5) is 0 Å². The molecule has 3 N–H and O–H groups in total. The fourth-order valence-corrected chi connectivity index (χ4v) is 3.02. The van der Waals surface area contributed by atoms with Crippen molar-refractivity contribution < 1.29 is 8.42 Å². The van der Waals surface area contributed by atoms with Gasteiger partial charge in [0.1, 0.15) is 0 Å². The molecule has 0 saturated heterocycles. The van der Waals surface area contributed by atoms with Crippen molar-refractivity contribution in [3.63, 3.8) is 0 Å². The second kappa shape index (κ2) is 5.62. The van der Waals surface area contributed by atoms with Crippen molar-refractivity contribution in [3.8, 4) is 0 Å². The van der Waals surface area contributed by atoms with E-state index in [4.69, 9.17) is 5.73 Å². The summed E-state index contributed by atoms with van der Waals surface area (Å²) in [5.41, 5.74) is 6.71. The van der Waals surface area contributed by atoms with Crippen LogP contribution in [0.3, 0.4) is 0 Å². The van der Waals surface area contributed by atoms with Gasteiger partial charge in [0.05, 0.1) is 4.90 Å². The molecule has 0 aliphatic heterocycles. The minimum atomic E-state index is -3.42. The summed E-state index contributed by atoms with van der Waals surface area (Å²) >= 11 is 0. The molecule has 0 aliphatic carbocycles. The van der Waals surface area contributed by atoms with E-state index in [1.54, 1.807) is 12.1 Å². The number of nitrogens with one attached hydrogen (secondary N) is 1. The standard InChI is InChI=1S/C12H20N2O2S/c1-4-10(9(2)13)11-7-5-6-8-12(11)17(15,16)14-3/h5-10,14H,4,13H2,1-3H3. The Kier molecular flexibility index (Phi) is 4.68. The molecule has 1 rings (SSSR count). The van der Waals surface area contributed by atoms with Gasteiger partial charge in [-0.25, -0.2) is 13.1 Å². The summed E-state index contributed by atoms with van der Waals surface area (Å²) in [4.78, 5) is 0.326. The Morgan fingerprint density at radius 1 is 1.35 bits per heavy atom. The van der Waals surface area contributed by atoms with Gasteiger partial charge >= 0.3 is 0 Å². The van der Waals surface area contributed by atoms with E-state index < -0.39 is 10.0 Å². The first-order valence-corrected chi connectivity index (χ1v) is 7.20. The first-order valence-electron chi connectivity index (χ1n) is 5.72. The minimum Gasteiger partial charge on any atom is -0.327 e. The molecule has 2 unspecified atom stereocenters. The number of sulfonamides is 1. The van der Waals surface area contributed by atoms with Crippen LogP contribution in [0.15, 0.2) is 29.2 Å². The Labute approximate surface area is 103 Å². The van der Waals surface area contributed by atoms with E-state index in [0.717, 1.165) is 12.0 Å². The second-order valence-corrected chi connectivity index (χ2v) is 5.97. The molecule has 17 heavy (non-hydrogen) atoms. The molecule has 0 heterocycles. The predicted molar refractivity (Wildman–Crippen MR) is 69.4 cm³/mol. The molecule has 0 amide bonds. The molecule has 2 atom stereocenters. The third-order valence-corrected chi connectivity index (χ3v) is 4.44. The quantitative estimate of drug-likeness (QED) is 0.837. The zero-order valence-electron chi connectivity index (χ0n) is 10.5. The van der Waals surface area contributed by atoms with Crippen LogP contribution in [0.2, 0.25) is 0 Å². The smallest absolute Gasteiger partial charge is 0.240 e. The highest BCUT2D eigenvalue weighted by atomic mass is 32.2. The molecule has 0 aromatic heterocycles. The predicted octanol–water partition coefficient (Wildman–Crippen LogP) is 1.44. The van der Waals surface area contributed by atoms with Gasteiger partial charge in [0.25, 0.3) is 0 Å². The molecule has 0 radical (unpaired) electrons. The molecule has 0 aliphatic rings. The van der Waals surface area contributed by atoms with Crippen molar-refractivity contribution in [2.24, 2.45) is 5.73 Å². The molecule has 4 nitrogen and oxygen atoms in total. The minimum absolute atomic E-state index is 0.0503. The molecule has 5 heteroatoms. The van der Waals surface area contributed by atoms with Crippen molar-refractivity contribution in [2.75, 3.05) is 7.05 Å². The average molecular weight is 256 g/mol. The maximum Gasteiger partial charge on any atom is 0.240 e. The maximum atomic E-state index is 11.9. The molecule has 0 bridgehead atoms. The lowest BCUT2D eigenvalue weighted by atomic mass is 9.90. The molecular formula is C12H20N2O2S. The summed E-state index contributed by atoms with van der Waals surface area (Å²) in [5.74, 6) is 0.0503. The van der Waals surface area contributed by atoms with Crippen LogP contribution in [-0.4, -0.2) is 21.5 Å². The average Bonchev–Trinajstić information content (AvgIpc) is 2.30. The highest BCUT2D eigenvalue weighted by molar-refractivity contribution is 7.89. The normalized spacial score (nSPS) is 15.5. The largest absolute Gasteiger partial charge is 0.327 e. The molecule has 0 spiro atoms. The number of benzene rings is 1. The van der Waals surface area contributed by atoms with Crippen LogP contribution in [0.5, 0.6) is 0 Å². The van der Waals surface area contributed by atoms with Gasteiger partial charge in [0.15, 0.2) is 0 Å². The first kappa shape index (κ1) is 14.2. The third kappa shape index (κ3) is 3.06. The Morgan fingerprint density at radius 3 is 2.41 bits per heavy atom. The molecule has 96 valence electrons. The van der Waals surface area contributed by atoms with Crippen LogP contribution in [-0.2, 0) is 10.0 Å². The van der Waals surface area contributed by atoms with Gasteiger partial charge in [-0.05, 0) is 37.9 Å². The summed E-state index contributed by atoms with van der Waals surface area (Å²) < 4.78 is 26.2. The molecule has 1 aromatic carbocycles. The van der Waals surface area contributed by atoms with E-state index in [0.29, 0.717) is 4.90 Å². The molecule has 1 aromatic rings. The Morgan fingerprint density at radius 2 is 1.94 bits per heavy atom. The van der Waals surface area contributed by atoms with E-state index >= 15 is 0 Å². The monoisotopic (exact) mass is 256 g/mol. The van der Waals surface area contributed by atoms with Gasteiger partial charge in [0.2, 0.25) is 10.0 Å². The number of rotatable bonds is 5. The summed E-state index contributed by atoms with van der Waals surface area (Å²) in [5, 5.41) is 0. The van der Waals surface area contributed by atoms with Gasteiger partial charge in [-0.15, -0.1) is 0 Å². The second-order valence-electron chi connectivity index (χ2n) is 4.12.